The second-order valence-corrected chi connectivity index (χ2v) is 3.08. The van der Waals surface area contributed by atoms with Crippen LogP contribution in [0, 0.1) is 4.91 Å². The van der Waals surface area contributed by atoms with E-state index >= 15 is 0 Å². The Morgan fingerprint density at radius 3 is 2.46 bits per heavy atom. The number of rotatable bonds is 4. The number of benzene rings is 1. The maximum Gasteiger partial charge on any atom is 0.108 e. The van der Waals surface area contributed by atoms with Crippen LogP contribution in [0.25, 0.3) is 0 Å². The quantitative estimate of drug-likeness (QED) is 0.720. The molecule has 1 rings (SSSR count). The topological polar surface area (TPSA) is 55.4 Å². The molecule has 0 amide bonds. The molecule has 0 fully saturated rings. The smallest absolute Gasteiger partial charge is 0.108 e. The molecular formula is C10H14N2O. The van der Waals surface area contributed by atoms with Crippen molar-refractivity contribution < 1.29 is 0 Å². The molecule has 0 aromatic heterocycles. The Morgan fingerprint density at radius 2 is 2.00 bits per heavy atom. The van der Waals surface area contributed by atoms with E-state index in [9.17, 15) is 4.91 Å². The first-order valence-corrected chi connectivity index (χ1v) is 4.46. The standard InChI is InChI=1S/C10H14N2O/c1-2-3-10(11)8-4-6-9(12-13)7-5-8/h4-7,10H,2-3,11H2,1H3. The predicted octanol–water partition coefficient (Wildman–Crippen LogP) is 2.88. The first-order chi connectivity index (χ1) is 6.27. The third kappa shape index (κ3) is 2.63. The van der Waals surface area contributed by atoms with Gasteiger partial charge in [0, 0.05) is 6.04 Å². The van der Waals surface area contributed by atoms with Gasteiger partial charge in [0.05, 0.1) is 0 Å². The summed E-state index contributed by atoms with van der Waals surface area (Å²) in [6, 6.07) is 7.18. The molecular weight excluding hydrogens is 164 g/mol. The highest BCUT2D eigenvalue weighted by molar-refractivity contribution is 5.39. The molecule has 0 aliphatic carbocycles. The molecule has 1 atom stereocenters. The zero-order valence-electron chi connectivity index (χ0n) is 7.73. The van der Waals surface area contributed by atoms with Crippen LogP contribution in [0.4, 0.5) is 5.69 Å². The molecule has 0 aliphatic heterocycles. The molecule has 0 aliphatic rings. The van der Waals surface area contributed by atoms with Gasteiger partial charge < -0.3 is 5.73 Å². The maximum atomic E-state index is 10.1. The summed E-state index contributed by atoms with van der Waals surface area (Å²) < 4.78 is 0. The average molecular weight is 178 g/mol. The maximum absolute atomic E-state index is 10.1. The van der Waals surface area contributed by atoms with Crippen molar-refractivity contribution in [3.05, 3.63) is 34.7 Å². The number of hydrogen-bond acceptors (Lipinski definition) is 3. The highest BCUT2D eigenvalue weighted by Crippen LogP contribution is 2.19. The molecule has 0 spiro atoms. The van der Waals surface area contributed by atoms with Crippen LogP contribution in [0.5, 0.6) is 0 Å². The largest absolute Gasteiger partial charge is 0.324 e. The fourth-order valence-corrected chi connectivity index (χ4v) is 1.26. The van der Waals surface area contributed by atoms with Crippen molar-refractivity contribution in [1.29, 1.82) is 0 Å². The molecule has 0 radical (unpaired) electrons. The predicted molar refractivity (Wildman–Crippen MR) is 53.7 cm³/mol. The van der Waals surface area contributed by atoms with Gasteiger partial charge >= 0.3 is 0 Å². The first kappa shape index (κ1) is 9.86. The van der Waals surface area contributed by atoms with E-state index in [4.69, 9.17) is 5.73 Å². The Bertz CT molecular complexity index is 269. The summed E-state index contributed by atoms with van der Waals surface area (Å²) >= 11 is 0. The highest BCUT2D eigenvalue weighted by Gasteiger charge is 2.03. The van der Waals surface area contributed by atoms with E-state index in [-0.39, 0.29) is 6.04 Å². The zero-order valence-corrected chi connectivity index (χ0v) is 7.73. The van der Waals surface area contributed by atoms with Crippen molar-refractivity contribution in [2.24, 2.45) is 10.9 Å². The Morgan fingerprint density at radius 1 is 1.38 bits per heavy atom. The Balaban J connectivity index is 2.73. The molecule has 0 heterocycles. The molecule has 0 saturated heterocycles. The SMILES string of the molecule is CCCC(N)c1ccc(N=O)cc1. The van der Waals surface area contributed by atoms with Crippen molar-refractivity contribution in [2.45, 2.75) is 25.8 Å². The van der Waals surface area contributed by atoms with Gasteiger partial charge in [0.15, 0.2) is 0 Å². The lowest BCUT2D eigenvalue weighted by Crippen LogP contribution is -2.09. The summed E-state index contributed by atoms with van der Waals surface area (Å²) in [5, 5.41) is 2.83. The Kier molecular flexibility index (Phi) is 3.58. The van der Waals surface area contributed by atoms with Crippen LogP contribution in [0.2, 0.25) is 0 Å². The summed E-state index contributed by atoms with van der Waals surface area (Å²) in [4.78, 5) is 10.1. The van der Waals surface area contributed by atoms with Gasteiger partial charge in [-0.25, -0.2) is 0 Å². The van der Waals surface area contributed by atoms with E-state index in [1.54, 1.807) is 12.1 Å². The lowest BCUT2D eigenvalue weighted by Gasteiger charge is -2.09. The summed E-state index contributed by atoms with van der Waals surface area (Å²) in [6.45, 7) is 2.10. The van der Waals surface area contributed by atoms with Crippen molar-refractivity contribution in [2.75, 3.05) is 0 Å². The fourth-order valence-electron chi connectivity index (χ4n) is 1.26. The van der Waals surface area contributed by atoms with Crippen LogP contribution < -0.4 is 5.73 Å². The van der Waals surface area contributed by atoms with Crippen LogP contribution in [0.15, 0.2) is 29.4 Å². The number of hydrogen-bond donors (Lipinski definition) is 1. The molecule has 1 aromatic rings. The first-order valence-electron chi connectivity index (χ1n) is 4.46. The van der Waals surface area contributed by atoms with E-state index < -0.39 is 0 Å². The monoisotopic (exact) mass is 178 g/mol. The summed E-state index contributed by atoms with van der Waals surface area (Å²) in [6.07, 6.45) is 2.03. The molecule has 1 unspecified atom stereocenters. The average Bonchev–Trinajstić information content (AvgIpc) is 2.18. The van der Waals surface area contributed by atoms with Gasteiger partial charge in [-0.1, -0.05) is 25.5 Å². The minimum Gasteiger partial charge on any atom is -0.324 e. The van der Waals surface area contributed by atoms with Gasteiger partial charge in [-0.05, 0) is 29.3 Å². The fraction of sp³-hybridized carbons (Fsp3) is 0.400. The van der Waals surface area contributed by atoms with Gasteiger partial charge in [0.1, 0.15) is 5.69 Å². The van der Waals surface area contributed by atoms with Crippen molar-refractivity contribution in [3.8, 4) is 0 Å². The summed E-state index contributed by atoms with van der Waals surface area (Å²) in [5.41, 5.74) is 7.40. The third-order valence-electron chi connectivity index (χ3n) is 2.03. The molecule has 3 nitrogen and oxygen atoms in total. The lowest BCUT2D eigenvalue weighted by molar-refractivity contribution is 0.638. The van der Waals surface area contributed by atoms with Crippen LogP contribution in [-0.2, 0) is 0 Å². The van der Waals surface area contributed by atoms with E-state index in [1.807, 2.05) is 12.1 Å². The summed E-state index contributed by atoms with van der Waals surface area (Å²) in [5.74, 6) is 0. The Hall–Kier alpha value is -1.22. The lowest BCUT2D eigenvalue weighted by atomic mass is 10.0. The van der Waals surface area contributed by atoms with Gasteiger partial charge in [-0.15, -0.1) is 4.91 Å². The highest BCUT2D eigenvalue weighted by atomic mass is 16.3. The van der Waals surface area contributed by atoms with Crippen LogP contribution >= 0.6 is 0 Å². The van der Waals surface area contributed by atoms with Gasteiger partial charge in [-0.2, -0.15) is 0 Å². The van der Waals surface area contributed by atoms with Crippen molar-refractivity contribution in [1.82, 2.24) is 0 Å². The van der Waals surface area contributed by atoms with E-state index in [2.05, 4.69) is 12.1 Å². The summed E-state index contributed by atoms with van der Waals surface area (Å²) in [7, 11) is 0. The van der Waals surface area contributed by atoms with E-state index in [1.165, 1.54) is 0 Å². The molecule has 3 heteroatoms. The molecule has 2 N–H and O–H groups in total. The van der Waals surface area contributed by atoms with Crippen LogP contribution in [0.3, 0.4) is 0 Å². The second kappa shape index (κ2) is 4.72. The van der Waals surface area contributed by atoms with E-state index in [0.29, 0.717) is 5.69 Å². The number of nitroso groups, excluding NO2 is 1. The van der Waals surface area contributed by atoms with Gasteiger partial charge in [-0.3, -0.25) is 0 Å². The van der Waals surface area contributed by atoms with Gasteiger partial charge in [0.2, 0.25) is 0 Å². The zero-order chi connectivity index (χ0) is 9.68. The molecule has 13 heavy (non-hydrogen) atoms. The third-order valence-corrected chi connectivity index (χ3v) is 2.03. The van der Waals surface area contributed by atoms with Crippen molar-refractivity contribution >= 4 is 5.69 Å². The molecule has 1 aromatic carbocycles. The van der Waals surface area contributed by atoms with Crippen LogP contribution in [-0.4, -0.2) is 0 Å². The Labute approximate surface area is 77.9 Å². The minimum atomic E-state index is 0.0747. The van der Waals surface area contributed by atoms with Crippen LogP contribution in [0.1, 0.15) is 31.4 Å². The van der Waals surface area contributed by atoms with E-state index in [0.717, 1.165) is 18.4 Å². The molecule has 0 saturated carbocycles. The van der Waals surface area contributed by atoms with Crippen molar-refractivity contribution in [3.63, 3.8) is 0 Å². The van der Waals surface area contributed by atoms with Gasteiger partial charge in [0.25, 0.3) is 0 Å². The number of nitrogens with two attached hydrogens (primary N) is 1. The minimum absolute atomic E-state index is 0.0747. The number of nitrogens with zero attached hydrogens (tertiary/aromatic N) is 1. The normalized spacial score (nSPS) is 12.5. The molecule has 70 valence electrons. The second-order valence-electron chi connectivity index (χ2n) is 3.08. The molecule has 0 bridgehead atoms.